The third kappa shape index (κ3) is 5.73. The Kier molecular flexibility index (Phi) is 7.77. The lowest BCUT2D eigenvalue weighted by Crippen LogP contribution is -2.45. The molecule has 3 aromatic carbocycles. The van der Waals surface area contributed by atoms with Gasteiger partial charge in [0.1, 0.15) is 5.82 Å². The fourth-order valence-corrected chi connectivity index (χ4v) is 4.10. The summed E-state index contributed by atoms with van der Waals surface area (Å²) >= 11 is 0. The molecule has 7 heteroatoms. The zero-order valence-electron chi connectivity index (χ0n) is 19.5. The summed E-state index contributed by atoms with van der Waals surface area (Å²) in [6, 6.07) is 19.3. The maximum atomic E-state index is 13.2. The van der Waals surface area contributed by atoms with Crippen LogP contribution in [0.25, 0.3) is 0 Å². The molecule has 1 heterocycles. The molecule has 4 rings (SSSR count). The SMILES string of the molecule is COc1ccc(CN2CCN(Cc3ccc(F)cc3)CC2)c(OC(=O)c2ccccc2)c1OC. The second-order valence-corrected chi connectivity index (χ2v) is 8.22. The topological polar surface area (TPSA) is 51.2 Å². The predicted molar refractivity (Wildman–Crippen MR) is 128 cm³/mol. The van der Waals surface area contributed by atoms with Gasteiger partial charge in [-0.2, -0.15) is 0 Å². The van der Waals surface area contributed by atoms with Crippen molar-refractivity contribution in [2.24, 2.45) is 0 Å². The van der Waals surface area contributed by atoms with Crippen LogP contribution in [0.1, 0.15) is 21.5 Å². The van der Waals surface area contributed by atoms with Crippen LogP contribution in [0.15, 0.2) is 66.7 Å². The van der Waals surface area contributed by atoms with Crippen molar-refractivity contribution in [3.05, 3.63) is 89.2 Å². The number of halogens is 1. The molecule has 1 fully saturated rings. The van der Waals surface area contributed by atoms with Crippen molar-refractivity contribution in [3.8, 4) is 17.2 Å². The van der Waals surface area contributed by atoms with Crippen molar-refractivity contribution in [2.45, 2.75) is 13.1 Å². The third-order valence-electron chi connectivity index (χ3n) is 5.96. The highest BCUT2D eigenvalue weighted by Gasteiger charge is 2.24. The van der Waals surface area contributed by atoms with E-state index in [1.807, 2.05) is 30.3 Å². The number of hydrogen-bond acceptors (Lipinski definition) is 6. The van der Waals surface area contributed by atoms with Crippen LogP contribution in [0.4, 0.5) is 4.39 Å². The highest BCUT2D eigenvalue weighted by molar-refractivity contribution is 5.91. The zero-order valence-corrected chi connectivity index (χ0v) is 19.5. The number of rotatable bonds is 8. The van der Waals surface area contributed by atoms with Crippen LogP contribution < -0.4 is 14.2 Å². The first-order valence-electron chi connectivity index (χ1n) is 11.3. The predicted octanol–water partition coefficient (Wildman–Crippen LogP) is 4.38. The molecule has 6 nitrogen and oxygen atoms in total. The van der Waals surface area contributed by atoms with Gasteiger partial charge < -0.3 is 14.2 Å². The summed E-state index contributed by atoms with van der Waals surface area (Å²) in [5.41, 5.74) is 2.42. The van der Waals surface area contributed by atoms with Crippen LogP contribution in [0.2, 0.25) is 0 Å². The number of hydrogen-bond donors (Lipinski definition) is 0. The number of piperazine rings is 1. The molecule has 0 aromatic heterocycles. The summed E-state index contributed by atoms with van der Waals surface area (Å²) in [5.74, 6) is 0.625. The summed E-state index contributed by atoms with van der Waals surface area (Å²) < 4.78 is 30.0. The molecule has 1 aliphatic heterocycles. The van der Waals surface area contributed by atoms with E-state index in [0.29, 0.717) is 29.4 Å². The van der Waals surface area contributed by atoms with Crippen molar-refractivity contribution in [1.82, 2.24) is 9.80 Å². The van der Waals surface area contributed by atoms with Gasteiger partial charge in [-0.3, -0.25) is 9.80 Å². The van der Waals surface area contributed by atoms with Gasteiger partial charge in [0.25, 0.3) is 0 Å². The number of nitrogens with zero attached hydrogens (tertiary/aromatic N) is 2. The lowest BCUT2D eigenvalue weighted by molar-refractivity contribution is 0.0723. The van der Waals surface area contributed by atoms with E-state index in [9.17, 15) is 9.18 Å². The zero-order chi connectivity index (χ0) is 23.9. The first kappa shape index (κ1) is 23.7. The standard InChI is InChI=1S/C27H29FN2O4/c1-32-24-13-10-22(25(26(24)33-2)34-27(31)21-6-4-3-5-7-21)19-30-16-14-29(15-17-30)18-20-8-11-23(28)12-9-20/h3-13H,14-19H2,1-2H3. The van der Waals surface area contributed by atoms with Gasteiger partial charge in [0.15, 0.2) is 11.5 Å². The van der Waals surface area contributed by atoms with E-state index < -0.39 is 5.97 Å². The minimum Gasteiger partial charge on any atom is -0.493 e. The van der Waals surface area contributed by atoms with Crippen LogP contribution in [-0.4, -0.2) is 56.2 Å². The molecule has 1 saturated heterocycles. The molecule has 0 spiro atoms. The largest absolute Gasteiger partial charge is 0.493 e. The Morgan fingerprint density at radius 2 is 1.44 bits per heavy atom. The van der Waals surface area contributed by atoms with Gasteiger partial charge in [-0.15, -0.1) is 0 Å². The smallest absolute Gasteiger partial charge is 0.343 e. The molecule has 0 N–H and O–H groups in total. The molecule has 34 heavy (non-hydrogen) atoms. The molecule has 178 valence electrons. The number of esters is 1. The van der Waals surface area contributed by atoms with Crippen LogP contribution in [-0.2, 0) is 13.1 Å². The van der Waals surface area contributed by atoms with Crippen molar-refractivity contribution in [3.63, 3.8) is 0 Å². The monoisotopic (exact) mass is 464 g/mol. The second-order valence-electron chi connectivity index (χ2n) is 8.22. The van der Waals surface area contributed by atoms with E-state index in [-0.39, 0.29) is 5.82 Å². The molecule has 0 unspecified atom stereocenters. The molecular formula is C27H29FN2O4. The lowest BCUT2D eigenvalue weighted by atomic mass is 10.1. The maximum Gasteiger partial charge on any atom is 0.343 e. The fourth-order valence-electron chi connectivity index (χ4n) is 4.10. The number of ether oxygens (including phenoxy) is 3. The Balaban J connectivity index is 1.46. The van der Waals surface area contributed by atoms with Crippen molar-refractivity contribution in [1.29, 1.82) is 0 Å². The van der Waals surface area contributed by atoms with E-state index in [0.717, 1.165) is 43.9 Å². The number of benzene rings is 3. The second kappa shape index (κ2) is 11.1. The van der Waals surface area contributed by atoms with Crippen LogP contribution in [0.3, 0.4) is 0 Å². The highest BCUT2D eigenvalue weighted by atomic mass is 19.1. The molecule has 0 aliphatic carbocycles. The van der Waals surface area contributed by atoms with E-state index in [1.54, 1.807) is 31.4 Å². The first-order valence-corrected chi connectivity index (χ1v) is 11.3. The maximum absolute atomic E-state index is 13.2. The fraction of sp³-hybridized carbons (Fsp3) is 0.296. The summed E-state index contributed by atoms with van der Waals surface area (Å²) in [6.07, 6.45) is 0. The molecular weight excluding hydrogens is 435 g/mol. The first-order chi connectivity index (χ1) is 16.6. The lowest BCUT2D eigenvalue weighted by Gasteiger charge is -2.35. The number of methoxy groups -OCH3 is 2. The minimum absolute atomic E-state index is 0.216. The van der Waals surface area contributed by atoms with E-state index in [4.69, 9.17) is 14.2 Å². The Morgan fingerprint density at radius 1 is 0.794 bits per heavy atom. The van der Waals surface area contributed by atoms with Crippen LogP contribution in [0.5, 0.6) is 17.2 Å². The van der Waals surface area contributed by atoms with Gasteiger partial charge in [0.05, 0.1) is 19.8 Å². The molecule has 0 amide bonds. The summed E-state index contributed by atoms with van der Waals surface area (Å²) in [4.78, 5) is 17.5. The Bertz CT molecular complexity index is 1100. The average molecular weight is 465 g/mol. The normalized spacial score (nSPS) is 14.6. The van der Waals surface area contributed by atoms with Crippen LogP contribution >= 0.6 is 0 Å². The van der Waals surface area contributed by atoms with Gasteiger partial charge in [0, 0.05) is 44.8 Å². The van der Waals surface area contributed by atoms with Crippen molar-refractivity contribution in [2.75, 3.05) is 40.4 Å². The van der Waals surface area contributed by atoms with Crippen LogP contribution in [0, 0.1) is 5.82 Å². The molecule has 3 aromatic rings. The highest BCUT2D eigenvalue weighted by Crippen LogP contribution is 2.41. The average Bonchev–Trinajstić information content (AvgIpc) is 2.87. The Hall–Kier alpha value is -3.42. The third-order valence-corrected chi connectivity index (χ3v) is 5.96. The van der Waals surface area contributed by atoms with E-state index in [2.05, 4.69) is 9.80 Å². The van der Waals surface area contributed by atoms with Gasteiger partial charge in [-0.25, -0.2) is 9.18 Å². The van der Waals surface area contributed by atoms with Gasteiger partial charge in [-0.05, 0) is 35.9 Å². The minimum atomic E-state index is -0.447. The van der Waals surface area contributed by atoms with Gasteiger partial charge in [-0.1, -0.05) is 36.4 Å². The van der Waals surface area contributed by atoms with E-state index in [1.165, 1.54) is 19.2 Å². The summed E-state index contributed by atoms with van der Waals surface area (Å²) in [7, 11) is 3.09. The number of carbonyl (C=O) groups is 1. The summed E-state index contributed by atoms with van der Waals surface area (Å²) in [6.45, 7) is 4.92. The molecule has 0 bridgehead atoms. The van der Waals surface area contributed by atoms with Crippen molar-refractivity contribution < 1.29 is 23.4 Å². The van der Waals surface area contributed by atoms with Gasteiger partial charge in [0.2, 0.25) is 5.75 Å². The molecule has 0 saturated carbocycles. The Morgan fingerprint density at radius 3 is 2.06 bits per heavy atom. The van der Waals surface area contributed by atoms with Crippen molar-refractivity contribution >= 4 is 5.97 Å². The quantitative estimate of drug-likeness (QED) is 0.364. The molecule has 0 radical (unpaired) electrons. The Labute approximate surface area is 199 Å². The summed E-state index contributed by atoms with van der Waals surface area (Å²) in [5, 5.41) is 0. The molecule has 1 aliphatic rings. The van der Waals surface area contributed by atoms with E-state index >= 15 is 0 Å². The molecule has 0 atom stereocenters. The number of carbonyl (C=O) groups excluding carboxylic acids is 1. The van der Waals surface area contributed by atoms with Gasteiger partial charge >= 0.3 is 5.97 Å².